The molecule has 0 spiro atoms. The van der Waals surface area contributed by atoms with E-state index in [2.05, 4.69) is 11.9 Å². The number of carboxylic acid groups (broad SMARTS) is 2. The van der Waals surface area contributed by atoms with Crippen LogP contribution in [-0.2, 0) is 0 Å². The Morgan fingerprint density at radius 1 is 0.895 bits per heavy atom. The van der Waals surface area contributed by atoms with E-state index in [0.29, 0.717) is 38.8 Å². The second kappa shape index (κ2) is 12.1. The third-order valence-electron chi connectivity index (χ3n) is 5.78. The molecule has 0 saturated carbocycles. The highest BCUT2D eigenvalue weighted by Gasteiger charge is 2.22. The van der Waals surface area contributed by atoms with E-state index in [1.54, 1.807) is 36.4 Å². The monoisotopic (exact) mass is 556 g/mol. The Balaban J connectivity index is 2.07. The number of anilines is 1. The number of ketones is 1. The van der Waals surface area contributed by atoms with E-state index in [0.717, 1.165) is 18.7 Å². The molecule has 0 radical (unpaired) electrons. The molecule has 3 aromatic carbocycles. The van der Waals surface area contributed by atoms with Gasteiger partial charge in [-0.1, -0.05) is 41.9 Å². The van der Waals surface area contributed by atoms with Gasteiger partial charge in [0.2, 0.25) is 0 Å². The van der Waals surface area contributed by atoms with Crippen molar-refractivity contribution in [2.75, 3.05) is 26.0 Å². The average molecular weight is 557 g/mol. The summed E-state index contributed by atoms with van der Waals surface area (Å²) in [4.78, 5) is 38.4. The highest BCUT2D eigenvalue weighted by molar-refractivity contribution is 6.36. The van der Waals surface area contributed by atoms with Crippen LogP contribution in [0.15, 0.2) is 55.1 Å². The Morgan fingerprint density at radius 2 is 1.58 bits per heavy atom. The van der Waals surface area contributed by atoms with Crippen LogP contribution in [0.25, 0.3) is 16.8 Å². The fraction of sp³-hybridized carbons (Fsp3) is 0.179. The highest BCUT2D eigenvalue weighted by Crippen LogP contribution is 2.35. The van der Waals surface area contributed by atoms with Crippen LogP contribution in [0.1, 0.15) is 49.5 Å². The van der Waals surface area contributed by atoms with Gasteiger partial charge in [-0.2, -0.15) is 0 Å². The van der Waals surface area contributed by atoms with Crippen LogP contribution < -0.4 is 5.32 Å². The van der Waals surface area contributed by atoms with Gasteiger partial charge >= 0.3 is 11.9 Å². The Bertz CT molecular complexity index is 1440. The summed E-state index contributed by atoms with van der Waals surface area (Å²) in [5.74, 6) is -3.65. The van der Waals surface area contributed by atoms with Gasteiger partial charge in [0, 0.05) is 44.5 Å². The van der Waals surface area contributed by atoms with E-state index < -0.39 is 23.3 Å². The standard InChI is InChI=1S/C28H26Cl2N2O6/c1-15(20-14-26(34)22(28(37)38)13-21(20)27(35)36)31-24-11-16(18-9-7-17(29)12-23(18)30)6-8-19(24)25(33)5-4-10-32(2)3/h6-9,11-14,31,34H,1,4-5,10H2,2-3H3,(H,35,36)(H,37,38). The third-order valence-corrected chi connectivity index (χ3v) is 6.33. The Kier molecular flexibility index (Phi) is 9.17. The predicted octanol–water partition coefficient (Wildman–Crippen LogP) is 6.37. The maximum atomic E-state index is 13.1. The third kappa shape index (κ3) is 6.72. The van der Waals surface area contributed by atoms with Crippen molar-refractivity contribution in [1.82, 2.24) is 4.90 Å². The van der Waals surface area contributed by atoms with Crippen molar-refractivity contribution >= 4 is 52.3 Å². The molecule has 0 amide bonds. The molecule has 0 unspecified atom stereocenters. The number of carbonyl (C=O) groups is 3. The summed E-state index contributed by atoms with van der Waals surface area (Å²) < 4.78 is 0. The lowest BCUT2D eigenvalue weighted by atomic mass is 9.97. The highest BCUT2D eigenvalue weighted by atomic mass is 35.5. The lowest BCUT2D eigenvalue weighted by Gasteiger charge is -2.18. The summed E-state index contributed by atoms with van der Waals surface area (Å²) in [5.41, 5.74) is 1.06. The van der Waals surface area contributed by atoms with Gasteiger partial charge in [-0.3, -0.25) is 4.79 Å². The van der Waals surface area contributed by atoms with Crippen LogP contribution >= 0.6 is 23.2 Å². The quantitative estimate of drug-likeness (QED) is 0.200. The van der Waals surface area contributed by atoms with E-state index in [9.17, 15) is 29.7 Å². The van der Waals surface area contributed by atoms with Crippen LogP contribution in [-0.4, -0.2) is 58.6 Å². The van der Waals surface area contributed by atoms with Gasteiger partial charge in [0.25, 0.3) is 0 Å². The maximum Gasteiger partial charge on any atom is 0.339 e. The average Bonchev–Trinajstić information content (AvgIpc) is 2.83. The first-order valence-corrected chi connectivity index (χ1v) is 12.2. The molecule has 0 fully saturated rings. The van der Waals surface area contributed by atoms with Gasteiger partial charge in [0.05, 0.1) is 5.56 Å². The fourth-order valence-corrected chi connectivity index (χ4v) is 4.41. The second-order valence-corrected chi connectivity index (χ2v) is 9.69. The largest absolute Gasteiger partial charge is 0.507 e. The number of aromatic carboxylic acids is 2. The molecule has 0 saturated heterocycles. The number of nitrogens with one attached hydrogen (secondary N) is 1. The number of aromatic hydroxyl groups is 1. The van der Waals surface area contributed by atoms with Gasteiger partial charge in [-0.05, 0) is 69.0 Å². The zero-order valence-electron chi connectivity index (χ0n) is 20.7. The van der Waals surface area contributed by atoms with Crippen molar-refractivity contribution in [3.05, 3.63) is 87.4 Å². The molecule has 3 aromatic rings. The van der Waals surface area contributed by atoms with Crippen LogP contribution in [0.3, 0.4) is 0 Å². The molecule has 3 rings (SSSR count). The smallest absolute Gasteiger partial charge is 0.339 e. The first kappa shape index (κ1) is 28.7. The molecule has 10 heteroatoms. The number of Topliss-reactive ketones (excluding diaryl/α,β-unsaturated/α-hetero) is 1. The first-order chi connectivity index (χ1) is 17.9. The van der Waals surface area contributed by atoms with Crippen molar-refractivity contribution < 1.29 is 29.7 Å². The van der Waals surface area contributed by atoms with Crippen LogP contribution in [0.2, 0.25) is 10.0 Å². The molecule has 0 heterocycles. The second-order valence-electron chi connectivity index (χ2n) is 8.84. The number of carbonyl (C=O) groups excluding carboxylic acids is 1. The number of benzene rings is 3. The van der Waals surface area contributed by atoms with Gasteiger partial charge < -0.3 is 25.5 Å². The zero-order chi connectivity index (χ0) is 28.1. The first-order valence-electron chi connectivity index (χ1n) is 11.5. The minimum absolute atomic E-state index is 0.0383. The number of carboxylic acids is 2. The molecular weight excluding hydrogens is 531 g/mol. The maximum absolute atomic E-state index is 13.1. The summed E-state index contributed by atoms with van der Waals surface area (Å²) in [5, 5.41) is 33.0. The molecule has 0 aliphatic rings. The van der Waals surface area contributed by atoms with E-state index in [1.807, 2.05) is 19.0 Å². The Morgan fingerprint density at radius 3 is 2.18 bits per heavy atom. The predicted molar refractivity (Wildman–Crippen MR) is 149 cm³/mol. The molecule has 0 bridgehead atoms. The molecule has 198 valence electrons. The van der Waals surface area contributed by atoms with E-state index in [-0.39, 0.29) is 29.0 Å². The van der Waals surface area contributed by atoms with Gasteiger partial charge in [0.15, 0.2) is 5.78 Å². The molecule has 0 aliphatic heterocycles. The molecule has 38 heavy (non-hydrogen) atoms. The minimum atomic E-state index is -1.48. The summed E-state index contributed by atoms with van der Waals surface area (Å²) in [7, 11) is 3.83. The van der Waals surface area contributed by atoms with E-state index in [1.165, 1.54) is 0 Å². The molecule has 0 atom stereocenters. The summed E-state index contributed by atoms with van der Waals surface area (Å²) in [6, 6.07) is 12.0. The van der Waals surface area contributed by atoms with Crippen molar-refractivity contribution in [2.45, 2.75) is 12.8 Å². The lowest BCUT2D eigenvalue weighted by molar-refractivity contribution is 0.0693. The Labute approximate surface area is 229 Å². The van der Waals surface area contributed by atoms with Gasteiger partial charge in [0.1, 0.15) is 11.3 Å². The van der Waals surface area contributed by atoms with E-state index in [4.69, 9.17) is 23.2 Å². The van der Waals surface area contributed by atoms with Crippen molar-refractivity contribution in [3.8, 4) is 16.9 Å². The van der Waals surface area contributed by atoms with Crippen molar-refractivity contribution in [3.63, 3.8) is 0 Å². The zero-order valence-corrected chi connectivity index (χ0v) is 22.2. The topological polar surface area (TPSA) is 127 Å². The minimum Gasteiger partial charge on any atom is -0.507 e. The molecule has 8 nitrogen and oxygen atoms in total. The number of nitrogens with zero attached hydrogens (tertiary/aromatic N) is 1. The van der Waals surface area contributed by atoms with Crippen LogP contribution in [0, 0.1) is 0 Å². The lowest BCUT2D eigenvalue weighted by Crippen LogP contribution is -2.15. The van der Waals surface area contributed by atoms with Gasteiger partial charge in [-0.15, -0.1) is 0 Å². The molecular formula is C28H26Cl2N2O6. The molecule has 0 aliphatic carbocycles. The normalized spacial score (nSPS) is 10.9. The SMILES string of the molecule is C=C(Nc1cc(-c2ccc(Cl)cc2Cl)ccc1C(=O)CCCN(C)C)c1cc(O)c(C(=O)O)cc1C(=O)O. The van der Waals surface area contributed by atoms with Crippen LogP contribution in [0.4, 0.5) is 5.69 Å². The number of hydrogen-bond acceptors (Lipinski definition) is 6. The number of halogens is 2. The van der Waals surface area contributed by atoms with Crippen molar-refractivity contribution in [1.29, 1.82) is 0 Å². The number of phenols is 1. The molecule has 0 aromatic heterocycles. The van der Waals surface area contributed by atoms with Gasteiger partial charge in [-0.25, -0.2) is 9.59 Å². The summed E-state index contributed by atoms with van der Waals surface area (Å²) >= 11 is 12.4. The fourth-order valence-electron chi connectivity index (χ4n) is 3.89. The van der Waals surface area contributed by atoms with Crippen LogP contribution in [0.5, 0.6) is 5.75 Å². The number of hydrogen-bond donors (Lipinski definition) is 4. The molecule has 4 N–H and O–H groups in total. The number of rotatable bonds is 11. The summed E-state index contributed by atoms with van der Waals surface area (Å²) in [6.07, 6.45) is 0.902. The van der Waals surface area contributed by atoms with E-state index >= 15 is 0 Å². The van der Waals surface area contributed by atoms with Crippen molar-refractivity contribution in [2.24, 2.45) is 0 Å². The summed E-state index contributed by atoms with van der Waals surface area (Å²) in [6.45, 7) is 4.62. The Hall–Kier alpha value is -3.85.